The molecule has 8 aromatic carbocycles. The van der Waals surface area contributed by atoms with Crippen LogP contribution in [0.15, 0.2) is 158 Å². The lowest BCUT2D eigenvalue weighted by atomic mass is 9.86. The van der Waals surface area contributed by atoms with E-state index in [2.05, 4.69) is 158 Å². The fourth-order valence-corrected chi connectivity index (χ4v) is 9.59. The van der Waals surface area contributed by atoms with Gasteiger partial charge in [0.05, 0.1) is 0 Å². The standard InChI is InChI=1S/C44H26S2/c1-2-10-28(11-3-1)43-32-13-4-6-15-34(32)44(35-16-7-5-14-33(35)43)29-20-18-27(19-21-29)30-22-23-40-36(24-30)38-26-41-37(25-42(38)46-40)31-12-8-9-17-39(31)45-41/h1-26H. The highest BCUT2D eigenvalue weighted by molar-refractivity contribution is 7.27. The summed E-state index contributed by atoms with van der Waals surface area (Å²) >= 11 is 3.79. The first-order valence-electron chi connectivity index (χ1n) is 15.7. The van der Waals surface area contributed by atoms with Gasteiger partial charge in [0.25, 0.3) is 0 Å². The summed E-state index contributed by atoms with van der Waals surface area (Å²) in [5, 5.41) is 10.6. The Morgan fingerprint density at radius 1 is 0.239 bits per heavy atom. The van der Waals surface area contributed by atoms with Crippen molar-refractivity contribution in [3.8, 4) is 33.4 Å². The minimum atomic E-state index is 1.24. The molecule has 0 unspecified atom stereocenters. The minimum absolute atomic E-state index is 1.24. The Morgan fingerprint density at radius 3 is 1.26 bits per heavy atom. The molecule has 0 spiro atoms. The van der Waals surface area contributed by atoms with Crippen LogP contribution in [0, 0.1) is 0 Å². The fraction of sp³-hybridized carbons (Fsp3) is 0. The molecule has 0 saturated carbocycles. The van der Waals surface area contributed by atoms with Crippen LogP contribution < -0.4 is 0 Å². The number of benzene rings is 8. The fourth-order valence-electron chi connectivity index (χ4n) is 7.36. The van der Waals surface area contributed by atoms with E-state index in [4.69, 9.17) is 0 Å². The summed E-state index contributed by atoms with van der Waals surface area (Å²) in [5.74, 6) is 0. The third-order valence-corrected chi connectivity index (χ3v) is 11.7. The van der Waals surface area contributed by atoms with Crippen molar-refractivity contribution in [1.82, 2.24) is 0 Å². The van der Waals surface area contributed by atoms with Gasteiger partial charge in [-0.15, -0.1) is 22.7 Å². The van der Waals surface area contributed by atoms with E-state index in [1.807, 2.05) is 22.7 Å². The van der Waals surface area contributed by atoms with Gasteiger partial charge in [0.15, 0.2) is 0 Å². The Hall–Kier alpha value is -5.28. The molecule has 0 fully saturated rings. The molecule has 214 valence electrons. The Morgan fingerprint density at radius 2 is 0.652 bits per heavy atom. The molecule has 0 saturated heterocycles. The van der Waals surface area contributed by atoms with Crippen molar-refractivity contribution < 1.29 is 0 Å². The molecule has 0 amide bonds. The molecule has 0 nitrogen and oxygen atoms in total. The predicted molar refractivity (Wildman–Crippen MR) is 204 cm³/mol. The second-order valence-electron chi connectivity index (χ2n) is 12.0. The van der Waals surface area contributed by atoms with Crippen LogP contribution in [-0.4, -0.2) is 0 Å². The van der Waals surface area contributed by atoms with Gasteiger partial charge in [-0.25, -0.2) is 0 Å². The summed E-state index contributed by atoms with van der Waals surface area (Å²) in [5.41, 5.74) is 7.58. The molecule has 10 rings (SSSR count). The summed E-state index contributed by atoms with van der Waals surface area (Å²) in [6.45, 7) is 0. The zero-order valence-corrected chi connectivity index (χ0v) is 26.5. The first kappa shape index (κ1) is 26.0. The van der Waals surface area contributed by atoms with Crippen molar-refractivity contribution in [2.45, 2.75) is 0 Å². The van der Waals surface area contributed by atoms with Gasteiger partial charge in [0.1, 0.15) is 0 Å². The molecule has 2 aromatic heterocycles. The minimum Gasteiger partial charge on any atom is -0.135 e. The molecular formula is C44H26S2. The van der Waals surface area contributed by atoms with E-state index >= 15 is 0 Å². The molecule has 0 atom stereocenters. The van der Waals surface area contributed by atoms with Crippen LogP contribution in [0.5, 0.6) is 0 Å². The van der Waals surface area contributed by atoms with Crippen LogP contribution in [0.25, 0.3) is 95.3 Å². The predicted octanol–water partition coefficient (Wildman–Crippen LogP) is 13.7. The molecule has 46 heavy (non-hydrogen) atoms. The smallest absolute Gasteiger partial charge is 0.0362 e. The average Bonchev–Trinajstić information content (AvgIpc) is 3.66. The molecule has 0 aliphatic carbocycles. The zero-order chi connectivity index (χ0) is 30.2. The van der Waals surface area contributed by atoms with E-state index < -0.39 is 0 Å². The second-order valence-corrected chi connectivity index (χ2v) is 14.2. The second kappa shape index (κ2) is 10.1. The third-order valence-electron chi connectivity index (χ3n) is 9.47. The van der Waals surface area contributed by atoms with E-state index in [9.17, 15) is 0 Å². The summed E-state index contributed by atoms with van der Waals surface area (Å²) in [7, 11) is 0. The van der Waals surface area contributed by atoms with E-state index in [-0.39, 0.29) is 0 Å². The van der Waals surface area contributed by atoms with Crippen LogP contribution in [0.4, 0.5) is 0 Å². The average molecular weight is 619 g/mol. The Kier molecular flexibility index (Phi) is 5.72. The van der Waals surface area contributed by atoms with Crippen molar-refractivity contribution >= 4 is 84.6 Å². The van der Waals surface area contributed by atoms with Gasteiger partial charge in [-0.3, -0.25) is 0 Å². The number of hydrogen-bond donors (Lipinski definition) is 0. The number of thiophene rings is 2. The number of fused-ring (bicyclic) bond motifs is 8. The first-order chi connectivity index (χ1) is 22.8. The molecule has 10 aromatic rings. The maximum absolute atomic E-state index is 2.41. The Bertz CT molecular complexity index is 2720. The quantitative estimate of drug-likeness (QED) is 0.173. The van der Waals surface area contributed by atoms with Gasteiger partial charge < -0.3 is 0 Å². The summed E-state index contributed by atoms with van der Waals surface area (Å²) in [6.07, 6.45) is 0. The first-order valence-corrected chi connectivity index (χ1v) is 17.3. The van der Waals surface area contributed by atoms with Gasteiger partial charge in [0.2, 0.25) is 0 Å². The van der Waals surface area contributed by atoms with Crippen LogP contribution in [0.3, 0.4) is 0 Å². The van der Waals surface area contributed by atoms with Crippen molar-refractivity contribution in [3.63, 3.8) is 0 Å². The van der Waals surface area contributed by atoms with Crippen LogP contribution >= 0.6 is 22.7 Å². The maximum Gasteiger partial charge on any atom is 0.0362 e. The lowest BCUT2D eigenvalue weighted by Crippen LogP contribution is -1.90. The van der Waals surface area contributed by atoms with Crippen molar-refractivity contribution in [2.75, 3.05) is 0 Å². The number of hydrogen-bond acceptors (Lipinski definition) is 2. The van der Waals surface area contributed by atoms with Gasteiger partial charge in [-0.05, 0) is 85.3 Å². The molecule has 2 heteroatoms. The largest absolute Gasteiger partial charge is 0.135 e. The zero-order valence-electron chi connectivity index (χ0n) is 24.8. The van der Waals surface area contributed by atoms with Crippen molar-refractivity contribution in [1.29, 1.82) is 0 Å². The summed E-state index contributed by atoms with van der Waals surface area (Å²) in [6, 6.07) is 58.3. The van der Waals surface area contributed by atoms with Gasteiger partial charge in [-0.1, -0.05) is 127 Å². The highest BCUT2D eigenvalue weighted by atomic mass is 32.1. The Balaban J connectivity index is 1.12. The molecule has 0 radical (unpaired) electrons. The Labute approximate surface area is 274 Å². The van der Waals surface area contributed by atoms with Crippen molar-refractivity contribution in [3.05, 3.63) is 158 Å². The third kappa shape index (κ3) is 3.91. The highest BCUT2D eigenvalue weighted by Crippen LogP contribution is 2.45. The molecule has 0 bridgehead atoms. The lowest BCUT2D eigenvalue weighted by Gasteiger charge is -2.18. The van der Waals surface area contributed by atoms with Crippen LogP contribution in [0.1, 0.15) is 0 Å². The molecular weight excluding hydrogens is 593 g/mol. The maximum atomic E-state index is 2.41. The van der Waals surface area contributed by atoms with Gasteiger partial charge >= 0.3 is 0 Å². The van der Waals surface area contributed by atoms with Gasteiger partial charge in [-0.2, -0.15) is 0 Å². The topological polar surface area (TPSA) is 0 Å². The normalized spacial score (nSPS) is 11.9. The van der Waals surface area contributed by atoms with Crippen LogP contribution in [-0.2, 0) is 0 Å². The SMILES string of the molecule is c1ccc(-c2c3ccccc3c(-c3ccc(-c4ccc5sc6cc7c(cc6c5c4)sc4ccccc47)cc3)c3ccccc23)cc1. The molecule has 0 aliphatic heterocycles. The van der Waals surface area contributed by atoms with E-state index in [1.165, 1.54) is 95.3 Å². The summed E-state index contributed by atoms with van der Waals surface area (Å²) < 4.78 is 5.42. The highest BCUT2D eigenvalue weighted by Gasteiger charge is 2.17. The van der Waals surface area contributed by atoms with E-state index in [1.54, 1.807) is 0 Å². The van der Waals surface area contributed by atoms with Crippen molar-refractivity contribution in [2.24, 2.45) is 0 Å². The van der Waals surface area contributed by atoms with E-state index in [0.29, 0.717) is 0 Å². The summed E-state index contributed by atoms with van der Waals surface area (Å²) in [4.78, 5) is 0. The lowest BCUT2D eigenvalue weighted by molar-refractivity contribution is 1.63. The van der Waals surface area contributed by atoms with E-state index in [0.717, 1.165) is 0 Å². The molecule has 0 N–H and O–H groups in total. The number of rotatable bonds is 3. The van der Waals surface area contributed by atoms with Crippen LogP contribution in [0.2, 0.25) is 0 Å². The molecule has 2 heterocycles. The van der Waals surface area contributed by atoms with Gasteiger partial charge in [0, 0.05) is 40.3 Å². The molecule has 0 aliphatic rings. The monoisotopic (exact) mass is 618 g/mol.